The first-order valence-corrected chi connectivity index (χ1v) is 7.93. The highest BCUT2D eigenvalue weighted by molar-refractivity contribution is 5.71. The number of nitrogens with two attached hydrogens (primary N) is 1. The highest BCUT2D eigenvalue weighted by Gasteiger charge is 2.37. The number of carboxylic acid groups (broad SMARTS) is 1. The zero-order valence-electron chi connectivity index (χ0n) is 13.8. The van der Waals surface area contributed by atoms with Gasteiger partial charge in [0.2, 0.25) is 0 Å². The van der Waals surface area contributed by atoms with Crippen molar-refractivity contribution >= 4 is 5.97 Å². The summed E-state index contributed by atoms with van der Waals surface area (Å²) >= 11 is 0. The standard InChI is InChI=1S/C16H21N5O3/c1-9-14(24-8-10-3-4-11(10)16(22)23)6-5-12(18-9)15-13(7-17)21(2)20-19-15/h5-6,10-11H,3-4,7-8,17H2,1-2H3,(H,22,23)/t10-,11+/m0/s1. The van der Waals surface area contributed by atoms with E-state index in [-0.39, 0.29) is 11.8 Å². The molecule has 2 heterocycles. The number of aromatic nitrogens is 4. The Balaban J connectivity index is 1.72. The topological polar surface area (TPSA) is 116 Å². The van der Waals surface area contributed by atoms with Crippen LogP contribution in [0.25, 0.3) is 11.4 Å². The summed E-state index contributed by atoms with van der Waals surface area (Å²) in [7, 11) is 1.79. The molecule has 0 bridgehead atoms. The molecular formula is C16H21N5O3. The predicted octanol–water partition coefficient (Wildman–Crippen LogP) is 1.13. The van der Waals surface area contributed by atoms with Crippen molar-refractivity contribution in [1.82, 2.24) is 20.0 Å². The molecule has 0 saturated heterocycles. The molecule has 128 valence electrons. The molecule has 1 aliphatic carbocycles. The van der Waals surface area contributed by atoms with Crippen molar-refractivity contribution in [2.45, 2.75) is 26.3 Å². The van der Waals surface area contributed by atoms with E-state index in [0.717, 1.165) is 24.2 Å². The van der Waals surface area contributed by atoms with E-state index in [2.05, 4.69) is 15.3 Å². The maximum absolute atomic E-state index is 11.0. The van der Waals surface area contributed by atoms with Crippen molar-refractivity contribution in [1.29, 1.82) is 0 Å². The average molecular weight is 331 g/mol. The molecule has 3 rings (SSSR count). The molecule has 24 heavy (non-hydrogen) atoms. The van der Waals surface area contributed by atoms with Crippen molar-refractivity contribution < 1.29 is 14.6 Å². The number of hydrogen-bond donors (Lipinski definition) is 2. The summed E-state index contributed by atoms with van der Waals surface area (Å²) in [6.45, 7) is 2.58. The fourth-order valence-corrected chi connectivity index (χ4v) is 2.93. The summed E-state index contributed by atoms with van der Waals surface area (Å²) < 4.78 is 7.42. The minimum atomic E-state index is -0.739. The van der Waals surface area contributed by atoms with E-state index in [4.69, 9.17) is 15.6 Å². The van der Waals surface area contributed by atoms with Crippen LogP contribution in [-0.2, 0) is 18.4 Å². The Morgan fingerprint density at radius 3 is 2.83 bits per heavy atom. The van der Waals surface area contributed by atoms with Crippen LogP contribution >= 0.6 is 0 Å². The first-order chi connectivity index (χ1) is 11.5. The number of carboxylic acids is 1. The summed E-state index contributed by atoms with van der Waals surface area (Å²) in [6, 6.07) is 3.65. The first kappa shape index (κ1) is 16.4. The normalized spacial score (nSPS) is 19.8. The molecule has 2 aromatic heterocycles. The number of aryl methyl sites for hydroxylation is 2. The molecule has 1 aliphatic rings. The fourth-order valence-electron chi connectivity index (χ4n) is 2.93. The second-order valence-corrected chi connectivity index (χ2v) is 6.09. The number of ether oxygens (including phenoxy) is 1. The Morgan fingerprint density at radius 1 is 1.46 bits per heavy atom. The van der Waals surface area contributed by atoms with Crippen LogP contribution < -0.4 is 10.5 Å². The third kappa shape index (κ3) is 2.96. The van der Waals surface area contributed by atoms with Crippen molar-refractivity contribution in [3.8, 4) is 17.1 Å². The Labute approximate surface area is 139 Å². The maximum Gasteiger partial charge on any atom is 0.306 e. The molecule has 0 unspecified atom stereocenters. The number of pyridine rings is 1. The monoisotopic (exact) mass is 331 g/mol. The molecule has 0 spiro atoms. The Morgan fingerprint density at radius 2 is 2.25 bits per heavy atom. The van der Waals surface area contributed by atoms with Gasteiger partial charge in [-0.25, -0.2) is 4.98 Å². The van der Waals surface area contributed by atoms with Gasteiger partial charge < -0.3 is 15.6 Å². The Bertz CT molecular complexity index is 758. The lowest BCUT2D eigenvalue weighted by Gasteiger charge is -2.33. The van der Waals surface area contributed by atoms with Gasteiger partial charge in [0.1, 0.15) is 11.4 Å². The summed E-state index contributed by atoms with van der Waals surface area (Å²) in [5.74, 6) is -0.292. The molecule has 1 fully saturated rings. The third-order valence-electron chi connectivity index (χ3n) is 4.60. The van der Waals surface area contributed by atoms with E-state index >= 15 is 0 Å². The third-order valence-corrected chi connectivity index (χ3v) is 4.60. The Kier molecular flexibility index (Phi) is 4.48. The average Bonchev–Trinajstić information content (AvgIpc) is 2.88. The van der Waals surface area contributed by atoms with E-state index in [1.54, 1.807) is 11.7 Å². The SMILES string of the molecule is Cc1nc(-c2nnn(C)c2CN)ccc1OC[C@@H]1CC[C@H]1C(=O)O. The second kappa shape index (κ2) is 6.56. The molecule has 8 heteroatoms. The van der Waals surface area contributed by atoms with Crippen LogP contribution in [0, 0.1) is 18.8 Å². The van der Waals surface area contributed by atoms with Gasteiger partial charge in [0.15, 0.2) is 0 Å². The minimum absolute atomic E-state index is 0.0745. The van der Waals surface area contributed by atoms with Crippen molar-refractivity contribution in [2.24, 2.45) is 24.6 Å². The van der Waals surface area contributed by atoms with Gasteiger partial charge in [-0.05, 0) is 31.9 Å². The summed E-state index contributed by atoms with van der Waals surface area (Å²) in [6.07, 6.45) is 1.62. The zero-order chi connectivity index (χ0) is 17.3. The molecule has 0 amide bonds. The molecule has 0 aromatic carbocycles. The van der Waals surface area contributed by atoms with Crippen LogP contribution in [0.15, 0.2) is 12.1 Å². The molecule has 1 saturated carbocycles. The molecule has 0 aliphatic heterocycles. The first-order valence-electron chi connectivity index (χ1n) is 7.93. The van der Waals surface area contributed by atoms with E-state index in [9.17, 15) is 4.79 Å². The summed E-state index contributed by atoms with van der Waals surface area (Å²) in [5, 5.41) is 17.2. The van der Waals surface area contributed by atoms with E-state index in [1.165, 1.54) is 0 Å². The van der Waals surface area contributed by atoms with Crippen LogP contribution in [0.3, 0.4) is 0 Å². The van der Waals surface area contributed by atoms with Gasteiger partial charge in [-0.1, -0.05) is 5.21 Å². The van der Waals surface area contributed by atoms with Gasteiger partial charge in [-0.3, -0.25) is 9.48 Å². The zero-order valence-corrected chi connectivity index (χ0v) is 13.8. The van der Waals surface area contributed by atoms with Crippen LogP contribution in [-0.4, -0.2) is 37.7 Å². The van der Waals surface area contributed by atoms with Crippen LogP contribution in [0.5, 0.6) is 5.75 Å². The number of aliphatic carboxylic acids is 1. The quantitative estimate of drug-likeness (QED) is 0.815. The van der Waals surface area contributed by atoms with Gasteiger partial charge in [0.25, 0.3) is 0 Å². The second-order valence-electron chi connectivity index (χ2n) is 6.09. The molecule has 3 N–H and O–H groups in total. The summed E-state index contributed by atoms with van der Waals surface area (Å²) in [4.78, 5) is 15.6. The fraction of sp³-hybridized carbons (Fsp3) is 0.500. The Hall–Kier alpha value is -2.48. The predicted molar refractivity (Wildman–Crippen MR) is 86.2 cm³/mol. The molecule has 2 aromatic rings. The molecular weight excluding hydrogens is 310 g/mol. The minimum Gasteiger partial charge on any atom is -0.491 e. The lowest BCUT2D eigenvalue weighted by Crippen LogP contribution is -2.36. The molecule has 8 nitrogen and oxygen atoms in total. The van der Waals surface area contributed by atoms with Crippen molar-refractivity contribution in [3.05, 3.63) is 23.5 Å². The number of hydrogen-bond acceptors (Lipinski definition) is 6. The number of rotatable bonds is 6. The smallest absolute Gasteiger partial charge is 0.306 e. The largest absolute Gasteiger partial charge is 0.491 e. The highest BCUT2D eigenvalue weighted by Crippen LogP contribution is 2.35. The number of nitrogens with zero attached hydrogens (tertiary/aromatic N) is 4. The van der Waals surface area contributed by atoms with Crippen molar-refractivity contribution in [2.75, 3.05) is 6.61 Å². The lowest BCUT2D eigenvalue weighted by molar-refractivity contribution is -0.148. The van der Waals surface area contributed by atoms with Gasteiger partial charge in [0, 0.05) is 19.5 Å². The maximum atomic E-state index is 11.0. The lowest BCUT2D eigenvalue weighted by atomic mass is 9.74. The van der Waals surface area contributed by atoms with Crippen LogP contribution in [0.4, 0.5) is 0 Å². The number of carbonyl (C=O) groups is 1. The highest BCUT2D eigenvalue weighted by atomic mass is 16.5. The van der Waals surface area contributed by atoms with E-state index < -0.39 is 5.97 Å². The molecule has 2 atom stereocenters. The van der Waals surface area contributed by atoms with Gasteiger partial charge >= 0.3 is 5.97 Å². The van der Waals surface area contributed by atoms with Crippen molar-refractivity contribution in [3.63, 3.8) is 0 Å². The van der Waals surface area contributed by atoms with Gasteiger partial charge in [-0.15, -0.1) is 5.10 Å². The molecule has 0 radical (unpaired) electrons. The van der Waals surface area contributed by atoms with Crippen LogP contribution in [0.1, 0.15) is 24.2 Å². The van der Waals surface area contributed by atoms with Gasteiger partial charge in [-0.2, -0.15) is 0 Å². The summed E-state index contributed by atoms with van der Waals surface area (Å²) in [5.41, 5.74) is 8.64. The van der Waals surface area contributed by atoms with Crippen LogP contribution in [0.2, 0.25) is 0 Å². The van der Waals surface area contributed by atoms with Gasteiger partial charge in [0.05, 0.1) is 29.6 Å². The van der Waals surface area contributed by atoms with E-state index in [0.29, 0.717) is 30.3 Å². The van der Waals surface area contributed by atoms with E-state index in [1.807, 2.05) is 19.1 Å².